The van der Waals surface area contributed by atoms with E-state index in [9.17, 15) is 14.4 Å². The number of benzene rings is 2. The zero-order chi connectivity index (χ0) is 25.3. The van der Waals surface area contributed by atoms with Gasteiger partial charge in [-0.2, -0.15) is 5.10 Å². The molecule has 2 aliphatic rings. The molecular formula is C27H30N4O5. The number of methoxy groups -OCH3 is 2. The molecule has 9 nitrogen and oxygen atoms in total. The Labute approximate surface area is 209 Å². The van der Waals surface area contributed by atoms with Gasteiger partial charge < -0.3 is 19.7 Å². The number of hydrogen-bond acceptors (Lipinski definition) is 6. The second-order valence-electron chi connectivity index (χ2n) is 9.48. The molecule has 0 bridgehead atoms. The number of ether oxygens (including phenoxy) is 2. The van der Waals surface area contributed by atoms with Gasteiger partial charge in [0.2, 0.25) is 5.91 Å². The van der Waals surface area contributed by atoms with Crippen molar-refractivity contribution >= 4 is 22.6 Å². The van der Waals surface area contributed by atoms with Crippen LogP contribution in [-0.2, 0) is 17.9 Å². The minimum atomic E-state index is -0.442. The van der Waals surface area contributed by atoms with E-state index < -0.39 is 11.1 Å². The summed E-state index contributed by atoms with van der Waals surface area (Å²) in [6.07, 6.45) is 6.32. The summed E-state index contributed by atoms with van der Waals surface area (Å²) in [6.45, 7) is 0.655. The molecule has 1 saturated carbocycles. The molecule has 9 heteroatoms. The van der Waals surface area contributed by atoms with E-state index in [-0.39, 0.29) is 18.4 Å². The Balaban J connectivity index is 1.36. The van der Waals surface area contributed by atoms with Gasteiger partial charge in [-0.3, -0.25) is 14.4 Å². The number of amides is 2. The van der Waals surface area contributed by atoms with Gasteiger partial charge in [-0.25, -0.2) is 4.68 Å². The number of carbonyl (C=O) groups is 2. The van der Waals surface area contributed by atoms with Crippen molar-refractivity contribution in [3.05, 3.63) is 64.1 Å². The summed E-state index contributed by atoms with van der Waals surface area (Å²) in [7, 11) is 2.97. The van der Waals surface area contributed by atoms with Gasteiger partial charge >= 0.3 is 0 Å². The van der Waals surface area contributed by atoms with Crippen molar-refractivity contribution in [1.82, 2.24) is 20.0 Å². The maximum atomic E-state index is 13.3. The first-order valence-corrected chi connectivity index (χ1v) is 12.2. The Bertz CT molecular complexity index is 1380. The molecule has 1 aliphatic heterocycles. The number of hydrogen-bond donors (Lipinski definition) is 1. The SMILES string of the molecule is COc1ccc2cnn(CC(=O)NCC3(N4Cc5ccccc5C4=O)CCCCC3)c(=O)c2c1OC. The van der Waals surface area contributed by atoms with E-state index >= 15 is 0 Å². The van der Waals surface area contributed by atoms with Gasteiger partial charge in [0, 0.05) is 24.0 Å². The molecule has 0 spiro atoms. The lowest BCUT2D eigenvalue weighted by Crippen LogP contribution is -2.57. The van der Waals surface area contributed by atoms with E-state index in [1.807, 2.05) is 29.2 Å². The Morgan fingerprint density at radius 2 is 1.83 bits per heavy atom. The molecular weight excluding hydrogens is 460 g/mol. The molecule has 1 aliphatic carbocycles. The van der Waals surface area contributed by atoms with Crippen LogP contribution in [0.4, 0.5) is 0 Å². The Morgan fingerprint density at radius 1 is 1.06 bits per heavy atom. The standard InChI is InChI=1S/C27H30N4O5/c1-35-21-11-10-18-14-29-31(26(34)23(18)24(21)36-2)16-22(32)28-17-27(12-6-3-7-13-27)30-15-19-8-4-5-9-20(19)25(30)33/h4-5,8-11,14H,3,6-7,12-13,15-17H2,1-2H3,(H,28,32). The van der Waals surface area contributed by atoms with Gasteiger partial charge in [0.25, 0.3) is 11.5 Å². The number of fused-ring (bicyclic) bond motifs is 2. The highest BCUT2D eigenvalue weighted by molar-refractivity contribution is 5.99. The van der Waals surface area contributed by atoms with Crippen molar-refractivity contribution in [3.8, 4) is 11.5 Å². The van der Waals surface area contributed by atoms with Crippen molar-refractivity contribution in [2.24, 2.45) is 0 Å². The fourth-order valence-electron chi connectivity index (χ4n) is 5.54. The molecule has 0 saturated heterocycles. The van der Waals surface area contributed by atoms with E-state index in [1.54, 1.807) is 12.1 Å². The molecule has 1 aromatic heterocycles. The van der Waals surface area contributed by atoms with Gasteiger partial charge in [-0.1, -0.05) is 37.5 Å². The summed E-state index contributed by atoms with van der Waals surface area (Å²) in [4.78, 5) is 41.4. The normalized spacial score (nSPS) is 16.6. The molecule has 0 atom stereocenters. The molecule has 0 radical (unpaired) electrons. The molecule has 2 aromatic carbocycles. The van der Waals surface area contributed by atoms with Crippen LogP contribution in [0, 0.1) is 0 Å². The Kier molecular flexibility index (Phi) is 6.38. The lowest BCUT2D eigenvalue weighted by atomic mass is 9.80. The number of nitrogens with one attached hydrogen (secondary N) is 1. The summed E-state index contributed by atoms with van der Waals surface area (Å²) in [5.74, 6) is 0.430. The van der Waals surface area contributed by atoms with Gasteiger partial charge in [0.05, 0.1) is 31.3 Å². The molecule has 3 aromatic rings. The van der Waals surface area contributed by atoms with Crippen LogP contribution >= 0.6 is 0 Å². The molecule has 0 unspecified atom stereocenters. The smallest absolute Gasteiger partial charge is 0.279 e. The maximum absolute atomic E-state index is 13.3. The van der Waals surface area contributed by atoms with Gasteiger partial charge in [-0.15, -0.1) is 0 Å². The van der Waals surface area contributed by atoms with Crippen LogP contribution in [0.5, 0.6) is 11.5 Å². The van der Waals surface area contributed by atoms with Crippen molar-refractivity contribution in [3.63, 3.8) is 0 Å². The van der Waals surface area contributed by atoms with Crippen molar-refractivity contribution < 1.29 is 19.1 Å². The fraction of sp³-hybridized carbons (Fsp3) is 0.407. The predicted octanol–water partition coefficient (Wildman–Crippen LogP) is 2.89. The number of rotatable bonds is 7. The van der Waals surface area contributed by atoms with E-state index in [2.05, 4.69) is 10.4 Å². The largest absolute Gasteiger partial charge is 0.493 e. The summed E-state index contributed by atoms with van der Waals surface area (Å²) >= 11 is 0. The van der Waals surface area contributed by atoms with Crippen LogP contribution in [0.1, 0.15) is 48.0 Å². The minimum Gasteiger partial charge on any atom is -0.493 e. The monoisotopic (exact) mass is 490 g/mol. The first-order valence-electron chi connectivity index (χ1n) is 12.2. The van der Waals surface area contributed by atoms with Crippen molar-refractivity contribution in [2.45, 2.75) is 50.7 Å². The van der Waals surface area contributed by atoms with Crippen LogP contribution in [-0.4, -0.2) is 52.8 Å². The maximum Gasteiger partial charge on any atom is 0.279 e. The van der Waals surface area contributed by atoms with Crippen LogP contribution in [0.3, 0.4) is 0 Å². The van der Waals surface area contributed by atoms with Gasteiger partial charge in [0.15, 0.2) is 11.5 Å². The van der Waals surface area contributed by atoms with E-state index in [0.29, 0.717) is 35.4 Å². The second-order valence-corrected chi connectivity index (χ2v) is 9.48. The second kappa shape index (κ2) is 9.64. The van der Waals surface area contributed by atoms with Crippen LogP contribution < -0.4 is 20.3 Å². The van der Waals surface area contributed by atoms with Crippen LogP contribution in [0.15, 0.2) is 47.4 Å². The third-order valence-electron chi connectivity index (χ3n) is 7.45. The highest BCUT2D eigenvalue weighted by Gasteiger charge is 2.44. The summed E-state index contributed by atoms with van der Waals surface area (Å²) in [5.41, 5.74) is 0.888. The van der Waals surface area contributed by atoms with E-state index in [0.717, 1.165) is 47.9 Å². The summed E-state index contributed by atoms with van der Waals surface area (Å²) < 4.78 is 11.9. The molecule has 188 valence electrons. The fourth-order valence-corrected chi connectivity index (χ4v) is 5.54. The third-order valence-corrected chi connectivity index (χ3v) is 7.45. The molecule has 2 amide bonds. The molecule has 2 heterocycles. The first kappa shape index (κ1) is 23.8. The quantitative estimate of drug-likeness (QED) is 0.546. The molecule has 1 N–H and O–H groups in total. The summed E-state index contributed by atoms with van der Waals surface area (Å²) in [6, 6.07) is 11.1. The first-order chi connectivity index (χ1) is 17.5. The van der Waals surface area contributed by atoms with Crippen molar-refractivity contribution in [2.75, 3.05) is 20.8 Å². The average molecular weight is 491 g/mol. The Hall–Kier alpha value is -3.88. The average Bonchev–Trinajstić information content (AvgIpc) is 3.26. The van der Waals surface area contributed by atoms with E-state index in [4.69, 9.17) is 9.47 Å². The number of nitrogens with zero attached hydrogens (tertiary/aromatic N) is 3. The number of carbonyl (C=O) groups excluding carboxylic acids is 2. The van der Waals surface area contributed by atoms with Crippen LogP contribution in [0.2, 0.25) is 0 Å². The van der Waals surface area contributed by atoms with Crippen LogP contribution in [0.25, 0.3) is 10.8 Å². The predicted molar refractivity (Wildman–Crippen MR) is 134 cm³/mol. The van der Waals surface area contributed by atoms with E-state index in [1.165, 1.54) is 20.4 Å². The van der Waals surface area contributed by atoms with Gasteiger partial charge in [-0.05, 0) is 36.6 Å². The third kappa shape index (κ3) is 4.08. The molecule has 5 rings (SSSR count). The zero-order valence-electron chi connectivity index (χ0n) is 20.6. The highest BCUT2D eigenvalue weighted by atomic mass is 16.5. The zero-order valence-corrected chi connectivity index (χ0v) is 20.6. The number of aromatic nitrogens is 2. The lowest BCUT2D eigenvalue weighted by Gasteiger charge is -2.44. The molecule has 1 fully saturated rings. The van der Waals surface area contributed by atoms with Crippen molar-refractivity contribution in [1.29, 1.82) is 0 Å². The van der Waals surface area contributed by atoms with Gasteiger partial charge in [0.1, 0.15) is 6.54 Å². The summed E-state index contributed by atoms with van der Waals surface area (Å²) in [5, 5.41) is 8.10. The lowest BCUT2D eigenvalue weighted by molar-refractivity contribution is -0.122. The topological polar surface area (TPSA) is 103 Å². The highest BCUT2D eigenvalue weighted by Crippen LogP contribution is 2.39. The Morgan fingerprint density at radius 3 is 2.56 bits per heavy atom. The minimum absolute atomic E-state index is 0.0233. The molecule has 36 heavy (non-hydrogen) atoms.